The molecule has 0 radical (unpaired) electrons. The van der Waals surface area contributed by atoms with Gasteiger partial charge in [-0.25, -0.2) is 0 Å². The van der Waals surface area contributed by atoms with Crippen LogP contribution in [0.3, 0.4) is 0 Å². The highest BCUT2D eigenvalue weighted by molar-refractivity contribution is 5.36. The molecule has 21 heavy (non-hydrogen) atoms. The molecule has 0 aliphatic heterocycles. The van der Waals surface area contributed by atoms with Crippen molar-refractivity contribution in [2.24, 2.45) is 0 Å². The van der Waals surface area contributed by atoms with Gasteiger partial charge in [-0.2, -0.15) is 5.26 Å². The lowest BCUT2D eigenvalue weighted by Gasteiger charge is -2.10. The fourth-order valence-electron chi connectivity index (χ4n) is 1.92. The first-order valence-corrected chi connectivity index (χ1v) is 7.05. The van der Waals surface area contributed by atoms with Crippen LogP contribution < -0.4 is 9.47 Å². The molecule has 2 aromatic carbocycles. The van der Waals surface area contributed by atoms with Gasteiger partial charge >= 0.3 is 0 Å². The van der Waals surface area contributed by atoms with Crippen molar-refractivity contribution in [3.63, 3.8) is 0 Å². The number of rotatable bonds is 6. The number of hydrogen-bond acceptors (Lipinski definition) is 3. The molecular weight excluding hydrogens is 262 g/mol. The van der Waals surface area contributed by atoms with E-state index in [0.717, 1.165) is 5.75 Å². The van der Waals surface area contributed by atoms with E-state index >= 15 is 0 Å². The molecule has 0 unspecified atom stereocenters. The van der Waals surface area contributed by atoms with E-state index in [1.165, 1.54) is 5.56 Å². The Labute approximate surface area is 125 Å². The van der Waals surface area contributed by atoms with Gasteiger partial charge in [0, 0.05) is 0 Å². The molecule has 0 saturated heterocycles. The summed E-state index contributed by atoms with van der Waals surface area (Å²) in [7, 11) is 0. The second-order valence-corrected chi connectivity index (χ2v) is 5.06. The second kappa shape index (κ2) is 7.35. The maximum Gasteiger partial charge on any atom is 0.122 e. The third kappa shape index (κ3) is 4.54. The summed E-state index contributed by atoms with van der Waals surface area (Å²) in [5.41, 5.74) is 1.89. The van der Waals surface area contributed by atoms with Gasteiger partial charge in [0.05, 0.1) is 11.6 Å². The zero-order valence-electron chi connectivity index (χ0n) is 12.4. The minimum Gasteiger partial charge on any atom is -0.490 e. The van der Waals surface area contributed by atoms with E-state index in [1.54, 1.807) is 18.2 Å². The SMILES string of the molecule is CC(C)c1ccc(OCCOc2cccc(C#N)c2)cc1. The standard InChI is InChI=1S/C18H19NO2/c1-14(2)16-6-8-17(9-7-16)20-10-11-21-18-5-3-4-15(12-18)13-19/h3-9,12,14H,10-11H2,1-2H3. The third-order valence-electron chi connectivity index (χ3n) is 3.13. The van der Waals surface area contributed by atoms with Crippen molar-refractivity contribution in [3.05, 3.63) is 59.7 Å². The summed E-state index contributed by atoms with van der Waals surface area (Å²) in [6, 6.07) is 17.3. The van der Waals surface area contributed by atoms with E-state index < -0.39 is 0 Å². The van der Waals surface area contributed by atoms with Crippen LogP contribution in [-0.4, -0.2) is 13.2 Å². The molecular formula is C18H19NO2. The van der Waals surface area contributed by atoms with Crippen LogP contribution in [0, 0.1) is 11.3 Å². The van der Waals surface area contributed by atoms with E-state index in [2.05, 4.69) is 32.0 Å². The van der Waals surface area contributed by atoms with Crippen molar-refractivity contribution in [1.82, 2.24) is 0 Å². The van der Waals surface area contributed by atoms with Gasteiger partial charge < -0.3 is 9.47 Å². The lowest BCUT2D eigenvalue weighted by molar-refractivity contribution is 0.217. The van der Waals surface area contributed by atoms with Crippen molar-refractivity contribution in [2.75, 3.05) is 13.2 Å². The van der Waals surface area contributed by atoms with E-state index in [9.17, 15) is 0 Å². The molecule has 0 amide bonds. The Morgan fingerprint density at radius 2 is 1.62 bits per heavy atom. The summed E-state index contributed by atoms with van der Waals surface area (Å²) >= 11 is 0. The predicted molar refractivity (Wildman–Crippen MR) is 82.7 cm³/mol. The molecule has 3 heteroatoms. The van der Waals surface area contributed by atoms with Crippen LogP contribution in [0.25, 0.3) is 0 Å². The first-order valence-electron chi connectivity index (χ1n) is 7.05. The Kier molecular flexibility index (Phi) is 5.22. The molecule has 0 atom stereocenters. The lowest BCUT2D eigenvalue weighted by Crippen LogP contribution is -2.09. The zero-order valence-corrected chi connectivity index (χ0v) is 12.4. The minimum absolute atomic E-state index is 0.445. The summed E-state index contributed by atoms with van der Waals surface area (Å²) in [5.74, 6) is 2.05. The molecule has 0 aliphatic rings. The van der Waals surface area contributed by atoms with E-state index in [4.69, 9.17) is 14.7 Å². The molecule has 0 spiro atoms. The number of hydrogen-bond donors (Lipinski definition) is 0. The molecule has 0 saturated carbocycles. The van der Waals surface area contributed by atoms with Crippen LogP contribution in [0.5, 0.6) is 11.5 Å². The van der Waals surface area contributed by atoms with Crippen molar-refractivity contribution in [1.29, 1.82) is 5.26 Å². The van der Waals surface area contributed by atoms with Gasteiger partial charge in [-0.3, -0.25) is 0 Å². The minimum atomic E-state index is 0.445. The van der Waals surface area contributed by atoms with E-state index in [0.29, 0.717) is 30.4 Å². The van der Waals surface area contributed by atoms with Crippen molar-refractivity contribution < 1.29 is 9.47 Å². The highest BCUT2D eigenvalue weighted by Crippen LogP contribution is 2.18. The van der Waals surface area contributed by atoms with E-state index in [-0.39, 0.29) is 0 Å². The Hall–Kier alpha value is -2.47. The predicted octanol–water partition coefficient (Wildman–Crippen LogP) is 4.14. The normalized spacial score (nSPS) is 10.2. The molecule has 0 heterocycles. The largest absolute Gasteiger partial charge is 0.490 e. The van der Waals surface area contributed by atoms with Crippen LogP contribution in [0.4, 0.5) is 0 Å². The molecule has 0 fully saturated rings. The Morgan fingerprint density at radius 3 is 2.24 bits per heavy atom. The molecule has 3 nitrogen and oxygen atoms in total. The Bertz CT molecular complexity index is 612. The summed E-state index contributed by atoms with van der Waals surface area (Å²) in [6.45, 7) is 5.25. The fraction of sp³-hybridized carbons (Fsp3) is 0.278. The highest BCUT2D eigenvalue weighted by Gasteiger charge is 2.00. The zero-order chi connectivity index (χ0) is 15.1. The molecule has 0 N–H and O–H groups in total. The van der Waals surface area contributed by atoms with Gasteiger partial charge in [-0.15, -0.1) is 0 Å². The van der Waals surface area contributed by atoms with Gasteiger partial charge in [-0.05, 0) is 41.8 Å². The van der Waals surface area contributed by atoms with Gasteiger partial charge in [-0.1, -0.05) is 32.0 Å². The monoisotopic (exact) mass is 281 g/mol. The van der Waals surface area contributed by atoms with Crippen molar-refractivity contribution in [2.45, 2.75) is 19.8 Å². The Balaban J connectivity index is 1.78. The second-order valence-electron chi connectivity index (χ2n) is 5.06. The molecule has 2 aromatic rings. The van der Waals surface area contributed by atoms with Crippen LogP contribution in [0.2, 0.25) is 0 Å². The quantitative estimate of drug-likeness (QED) is 0.747. The summed E-state index contributed by atoms with van der Waals surface area (Å²) in [5, 5.41) is 8.81. The topological polar surface area (TPSA) is 42.2 Å². The number of benzene rings is 2. The fourth-order valence-corrected chi connectivity index (χ4v) is 1.92. The summed E-state index contributed by atoms with van der Waals surface area (Å²) < 4.78 is 11.2. The average Bonchev–Trinajstić information content (AvgIpc) is 2.52. The number of nitrogens with zero attached hydrogens (tertiary/aromatic N) is 1. The van der Waals surface area contributed by atoms with Gasteiger partial charge in [0.25, 0.3) is 0 Å². The van der Waals surface area contributed by atoms with Gasteiger partial charge in [0.2, 0.25) is 0 Å². The maximum absolute atomic E-state index is 8.81. The van der Waals surface area contributed by atoms with Crippen molar-refractivity contribution in [3.8, 4) is 17.6 Å². The highest BCUT2D eigenvalue weighted by atomic mass is 16.5. The molecule has 108 valence electrons. The van der Waals surface area contributed by atoms with Crippen LogP contribution in [0.1, 0.15) is 30.9 Å². The van der Waals surface area contributed by atoms with Crippen LogP contribution >= 0.6 is 0 Å². The average molecular weight is 281 g/mol. The summed E-state index contributed by atoms with van der Waals surface area (Å²) in [4.78, 5) is 0. The van der Waals surface area contributed by atoms with Crippen LogP contribution in [0.15, 0.2) is 48.5 Å². The van der Waals surface area contributed by atoms with E-state index in [1.807, 2.05) is 18.2 Å². The molecule has 0 aliphatic carbocycles. The lowest BCUT2D eigenvalue weighted by atomic mass is 10.0. The van der Waals surface area contributed by atoms with Crippen molar-refractivity contribution >= 4 is 0 Å². The maximum atomic E-state index is 8.81. The molecule has 0 aromatic heterocycles. The van der Waals surface area contributed by atoms with Gasteiger partial charge in [0.15, 0.2) is 0 Å². The Morgan fingerprint density at radius 1 is 0.952 bits per heavy atom. The third-order valence-corrected chi connectivity index (χ3v) is 3.13. The summed E-state index contributed by atoms with van der Waals surface area (Å²) in [6.07, 6.45) is 0. The van der Waals surface area contributed by atoms with Crippen LogP contribution in [-0.2, 0) is 0 Å². The number of ether oxygens (including phenoxy) is 2. The molecule has 2 rings (SSSR count). The smallest absolute Gasteiger partial charge is 0.122 e. The molecule has 0 bridgehead atoms. The van der Waals surface area contributed by atoms with Gasteiger partial charge in [0.1, 0.15) is 24.7 Å². The number of nitriles is 1. The first-order chi connectivity index (χ1) is 10.2. The first kappa shape index (κ1) is 14.9.